The lowest BCUT2D eigenvalue weighted by molar-refractivity contribution is -0.163. The number of rotatable bonds is 7. The van der Waals surface area contributed by atoms with Gasteiger partial charge in [0.15, 0.2) is 0 Å². The van der Waals surface area contributed by atoms with Gasteiger partial charge in [-0.05, 0) is 39.2 Å². The van der Waals surface area contributed by atoms with Crippen LogP contribution in [0.15, 0.2) is 10.6 Å². The Bertz CT molecular complexity index is 998. The van der Waals surface area contributed by atoms with Gasteiger partial charge in [0, 0.05) is 41.7 Å². The van der Waals surface area contributed by atoms with E-state index in [2.05, 4.69) is 16.0 Å². The number of carbonyl (C=O) groups excluding carboxylic acids is 3. The Morgan fingerprint density at radius 3 is 2.62 bits per heavy atom. The van der Waals surface area contributed by atoms with Gasteiger partial charge in [-0.1, -0.05) is 13.3 Å². The minimum atomic E-state index is -1.14. The first-order valence-corrected chi connectivity index (χ1v) is 14.3. The van der Waals surface area contributed by atoms with Gasteiger partial charge in [-0.15, -0.1) is 11.8 Å². The molecule has 0 spiro atoms. The number of hydrogen-bond donors (Lipinski definition) is 5. The molecule has 12 heteroatoms. The second-order valence-electron chi connectivity index (χ2n) is 11.0. The van der Waals surface area contributed by atoms with Crippen LogP contribution in [0.3, 0.4) is 0 Å². The molecule has 204 valence electrons. The zero-order chi connectivity index (χ0) is 26.4. The first-order valence-electron chi connectivity index (χ1n) is 13.4. The van der Waals surface area contributed by atoms with E-state index in [9.17, 15) is 29.4 Å². The number of amides is 3. The SMILES string of the molecule is C[C@@H](O)[C@H]1C(=O)N2C(C(=O)O)=C(S[C@@H]3CN[C@H](C(=O)N4CC[C@H](NC(=O)C5CCCCN5)C4)C3)[C@H](C)[C@H]12. The van der Waals surface area contributed by atoms with Gasteiger partial charge >= 0.3 is 5.97 Å². The molecule has 0 aromatic heterocycles. The smallest absolute Gasteiger partial charge is 0.353 e. The number of nitrogens with zero attached hydrogens (tertiary/aromatic N) is 2. The number of fused-ring (bicyclic) bond motifs is 1. The van der Waals surface area contributed by atoms with Crippen LogP contribution in [0.2, 0.25) is 0 Å². The predicted octanol–water partition coefficient (Wildman–Crippen LogP) is -0.537. The highest BCUT2D eigenvalue weighted by atomic mass is 32.2. The summed E-state index contributed by atoms with van der Waals surface area (Å²) in [6, 6.07) is -0.887. The van der Waals surface area contributed by atoms with Crippen molar-refractivity contribution in [2.24, 2.45) is 11.8 Å². The first kappa shape index (κ1) is 26.5. The molecule has 8 atom stereocenters. The molecule has 1 unspecified atom stereocenters. The topological polar surface area (TPSA) is 151 Å². The van der Waals surface area contributed by atoms with E-state index < -0.39 is 18.0 Å². The van der Waals surface area contributed by atoms with Crippen LogP contribution in [0.25, 0.3) is 0 Å². The van der Waals surface area contributed by atoms with Gasteiger partial charge in [0.1, 0.15) is 5.70 Å². The normalized spacial score (nSPS) is 36.4. The predicted molar refractivity (Wildman–Crippen MR) is 136 cm³/mol. The third-order valence-corrected chi connectivity index (χ3v) is 9.98. The first-order chi connectivity index (χ1) is 17.7. The van der Waals surface area contributed by atoms with E-state index in [0.29, 0.717) is 31.0 Å². The number of aliphatic carboxylic acids is 1. The highest BCUT2D eigenvalue weighted by molar-refractivity contribution is 8.03. The molecule has 0 radical (unpaired) electrons. The van der Waals surface area contributed by atoms with Crippen molar-refractivity contribution in [3.63, 3.8) is 0 Å². The number of thioether (sulfide) groups is 1. The average Bonchev–Trinajstić information content (AvgIpc) is 3.58. The van der Waals surface area contributed by atoms with Crippen LogP contribution in [0.1, 0.15) is 46.0 Å². The lowest BCUT2D eigenvalue weighted by Crippen LogP contribution is -2.63. The summed E-state index contributed by atoms with van der Waals surface area (Å²) < 4.78 is 0. The van der Waals surface area contributed by atoms with E-state index in [1.165, 1.54) is 16.7 Å². The maximum atomic E-state index is 13.2. The van der Waals surface area contributed by atoms with Crippen molar-refractivity contribution >= 4 is 35.5 Å². The number of nitrogens with one attached hydrogen (secondary N) is 3. The Labute approximate surface area is 220 Å². The number of carbonyl (C=O) groups is 4. The quantitative estimate of drug-likeness (QED) is 0.271. The molecule has 5 N–H and O–H groups in total. The molecule has 5 heterocycles. The highest BCUT2D eigenvalue weighted by Crippen LogP contribution is 2.51. The van der Waals surface area contributed by atoms with Crippen molar-refractivity contribution in [2.75, 3.05) is 26.2 Å². The highest BCUT2D eigenvalue weighted by Gasteiger charge is 2.60. The monoisotopic (exact) mass is 535 g/mol. The van der Waals surface area contributed by atoms with E-state index in [-0.39, 0.29) is 58.8 Å². The standard InChI is InChI=1S/C25H37N5O6S/c1-12-19-18(13(2)31)24(34)30(19)20(25(35)36)21(12)37-15-9-17(27-10-15)23(33)29-8-6-14(11-29)28-22(32)16-5-3-4-7-26-16/h12-19,26-27,31H,3-11H2,1-2H3,(H,28,32)(H,35,36)/t12-,13-,14+,15+,16?,17+,18-,19-/m1/s1. The van der Waals surface area contributed by atoms with Gasteiger partial charge in [-0.3, -0.25) is 14.4 Å². The van der Waals surface area contributed by atoms with Gasteiger partial charge < -0.3 is 36.0 Å². The van der Waals surface area contributed by atoms with Crippen LogP contribution in [-0.4, -0.2) is 105 Å². The van der Waals surface area contributed by atoms with Crippen LogP contribution in [0, 0.1) is 11.8 Å². The second-order valence-corrected chi connectivity index (χ2v) is 12.3. The molecule has 0 aromatic carbocycles. The summed E-state index contributed by atoms with van der Waals surface area (Å²) in [6.45, 7) is 5.99. The summed E-state index contributed by atoms with van der Waals surface area (Å²) in [6.07, 6.45) is 3.45. The number of piperidine rings is 1. The summed E-state index contributed by atoms with van der Waals surface area (Å²) in [5, 5.41) is 29.5. The van der Waals surface area contributed by atoms with Crippen molar-refractivity contribution in [1.82, 2.24) is 25.8 Å². The number of aliphatic hydroxyl groups is 1. The Morgan fingerprint density at radius 1 is 1.16 bits per heavy atom. The number of β-lactam (4-membered cyclic amide) rings is 1. The van der Waals surface area contributed by atoms with Crippen LogP contribution < -0.4 is 16.0 Å². The fourth-order valence-electron chi connectivity index (χ4n) is 6.52. The maximum absolute atomic E-state index is 13.2. The Hall–Kier alpha value is -2.15. The molecule has 5 aliphatic rings. The molecule has 3 amide bonds. The maximum Gasteiger partial charge on any atom is 0.353 e. The van der Waals surface area contributed by atoms with E-state index >= 15 is 0 Å². The minimum Gasteiger partial charge on any atom is -0.477 e. The molecular weight excluding hydrogens is 498 g/mol. The van der Waals surface area contributed by atoms with Gasteiger partial charge in [0.25, 0.3) is 0 Å². The Balaban J connectivity index is 1.16. The van der Waals surface area contributed by atoms with E-state index in [4.69, 9.17) is 0 Å². The molecule has 5 aliphatic heterocycles. The second kappa shape index (κ2) is 10.5. The van der Waals surface area contributed by atoms with Crippen molar-refractivity contribution in [1.29, 1.82) is 0 Å². The number of likely N-dealkylation sites (tertiary alicyclic amines) is 1. The molecule has 11 nitrogen and oxygen atoms in total. The molecule has 0 aromatic rings. The van der Waals surface area contributed by atoms with E-state index in [1.54, 1.807) is 6.92 Å². The van der Waals surface area contributed by atoms with Gasteiger partial charge in [0.2, 0.25) is 17.7 Å². The van der Waals surface area contributed by atoms with Gasteiger partial charge in [-0.2, -0.15) is 0 Å². The fraction of sp³-hybridized carbons (Fsp3) is 0.760. The number of hydrogen-bond acceptors (Lipinski definition) is 8. The molecular formula is C25H37N5O6S. The fourth-order valence-corrected chi connectivity index (χ4v) is 7.99. The Kier molecular flexibility index (Phi) is 7.54. The zero-order valence-corrected chi connectivity index (χ0v) is 22.1. The van der Waals surface area contributed by atoms with Crippen LogP contribution in [0.5, 0.6) is 0 Å². The molecule has 0 saturated carbocycles. The van der Waals surface area contributed by atoms with Crippen molar-refractivity contribution < 1.29 is 29.4 Å². The van der Waals surface area contributed by atoms with Crippen LogP contribution >= 0.6 is 11.8 Å². The number of aliphatic hydroxyl groups excluding tert-OH is 1. The molecule has 0 bridgehead atoms. The summed E-state index contributed by atoms with van der Waals surface area (Å²) in [5.41, 5.74) is 0.0183. The average molecular weight is 536 g/mol. The van der Waals surface area contributed by atoms with Crippen molar-refractivity contribution in [3.05, 3.63) is 10.6 Å². The minimum absolute atomic E-state index is 0.00460. The van der Waals surface area contributed by atoms with E-state index in [0.717, 1.165) is 32.2 Å². The number of carboxylic acid groups (broad SMARTS) is 1. The van der Waals surface area contributed by atoms with Crippen molar-refractivity contribution in [2.45, 2.75) is 81.5 Å². The third kappa shape index (κ3) is 4.88. The number of carboxylic acids is 1. The largest absolute Gasteiger partial charge is 0.477 e. The van der Waals surface area contributed by atoms with E-state index in [1.807, 2.05) is 11.8 Å². The summed E-state index contributed by atoms with van der Waals surface area (Å²) in [5.74, 6) is -2.23. The van der Waals surface area contributed by atoms with Crippen LogP contribution in [-0.2, 0) is 19.2 Å². The zero-order valence-electron chi connectivity index (χ0n) is 21.3. The van der Waals surface area contributed by atoms with Crippen molar-refractivity contribution in [3.8, 4) is 0 Å². The Morgan fingerprint density at radius 2 is 1.95 bits per heavy atom. The third-order valence-electron chi connectivity index (χ3n) is 8.47. The molecule has 5 rings (SSSR count). The van der Waals surface area contributed by atoms with Crippen LogP contribution in [0.4, 0.5) is 0 Å². The molecule has 0 aliphatic carbocycles. The lowest BCUT2D eigenvalue weighted by atomic mass is 9.79. The molecule has 4 fully saturated rings. The summed E-state index contributed by atoms with van der Waals surface area (Å²) >= 11 is 1.44. The summed E-state index contributed by atoms with van der Waals surface area (Å²) in [7, 11) is 0. The molecule has 4 saturated heterocycles. The van der Waals surface area contributed by atoms with Gasteiger partial charge in [-0.25, -0.2) is 4.79 Å². The summed E-state index contributed by atoms with van der Waals surface area (Å²) in [4.78, 5) is 54.2. The molecule has 37 heavy (non-hydrogen) atoms. The van der Waals surface area contributed by atoms with Gasteiger partial charge in [0.05, 0.1) is 30.1 Å². The lowest BCUT2D eigenvalue weighted by Gasteiger charge is -2.46.